The van der Waals surface area contributed by atoms with Gasteiger partial charge in [-0.2, -0.15) is 0 Å². The largest absolute Gasteiger partial charge is 0.379 e. The van der Waals surface area contributed by atoms with Gasteiger partial charge in [-0.25, -0.2) is 33.1 Å². The first-order valence-corrected chi connectivity index (χ1v) is 11.3. The minimum Gasteiger partial charge on any atom is -0.379 e. The van der Waals surface area contributed by atoms with Gasteiger partial charge in [0.15, 0.2) is 5.17 Å². The number of rotatable bonds is 7. The molecule has 1 fully saturated rings. The zero-order chi connectivity index (χ0) is 25.2. The summed E-state index contributed by atoms with van der Waals surface area (Å²) in [4.78, 5) is 28.6. The maximum absolute atomic E-state index is 15.0. The highest BCUT2D eigenvalue weighted by Gasteiger charge is 2.59. The van der Waals surface area contributed by atoms with Crippen LogP contribution >= 0.6 is 11.8 Å². The summed E-state index contributed by atoms with van der Waals surface area (Å²) in [5.74, 6) is -4.81. The molecule has 0 saturated carbocycles. The van der Waals surface area contributed by atoms with E-state index in [-0.39, 0.29) is 34.5 Å². The predicted molar refractivity (Wildman–Crippen MR) is 127 cm³/mol. The molecule has 1 saturated heterocycles. The average molecular weight is 507 g/mol. The molecular formula is C21H21F3N8O2S. The summed E-state index contributed by atoms with van der Waals surface area (Å²) < 4.78 is 49.0. The lowest BCUT2D eigenvalue weighted by atomic mass is 9.77. The number of amides is 1. The van der Waals surface area contributed by atoms with Crippen molar-refractivity contribution < 1.29 is 22.7 Å². The first-order chi connectivity index (χ1) is 16.6. The summed E-state index contributed by atoms with van der Waals surface area (Å²) in [6.45, 7) is 0.484. The lowest BCUT2D eigenvalue weighted by Gasteiger charge is -2.37. The summed E-state index contributed by atoms with van der Waals surface area (Å²) in [6, 6.07) is 3.82. The van der Waals surface area contributed by atoms with Crippen LogP contribution in [0.1, 0.15) is 23.0 Å². The molecule has 3 heterocycles. The fraction of sp³-hybridized carbons (Fsp3) is 0.333. The van der Waals surface area contributed by atoms with Gasteiger partial charge in [0.2, 0.25) is 0 Å². The Hall–Kier alpha value is -3.52. The number of alkyl halides is 2. The number of amidine groups is 1. The number of anilines is 2. The molecule has 10 nitrogen and oxygen atoms in total. The number of carbonyl (C=O) groups is 1. The standard InChI is InChI=1S/C21H21F3N8O2S/c1-20(23,24)17-13-7-35-19(26)32-21(13,8-34-17)12-4-11(2-3-14(12)22)31-18(33)15-5-29-16(6-28-15)30-10-27-9-25/h2-6,9-10,13,17H,7-8H2,1H3,(H2,26,32)(H,31,33)(H2,25,27,29,30)/t13-,17+,21-/m1/s1. The predicted octanol–water partition coefficient (Wildman–Crippen LogP) is 2.84. The molecule has 35 heavy (non-hydrogen) atoms. The number of hydrogen-bond acceptors (Lipinski definition) is 8. The molecule has 0 unspecified atom stereocenters. The molecule has 1 aromatic heterocycles. The number of benzene rings is 1. The van der Waals surface area contributed by atoms with Gasteiger partial charge in [-0.05, 0) is 18.2 Å². The van der Waals surface area contributed by atoms with Crippen molar-refractivity contribution in [1.82, 2.24) is 9.97 Å². The Morgan fingerprint density at radius 3 is 2.89 bits per heavy atom. The van der Waals surface area contributed by atoms with E-state index in [4.69, 9.17) is 15.9 Å². The highest BCUT2D eigenvalue weighted by molar-refractivity contribution is 8.13. The van der Waals surface area contributed by atoms with Crippen molar-refractivity contribution in [2.24, 2.45) is 21.6 Å². The van der Waals surface area contributed by atoms with Crippen LogP contribution in [0.5, 0.6) is 0 Å². The van der Waals surface area contributed by atoms with E-state index in [2.05, 4.69) is 30.6 Å². The number of nitrogens with zero attached hydrogens (tertiary/aromatic N) is 4. The topological polar surface area (TPSA) is 151 Å². The summed E-state index contributed by atoms with van der Waals surface area (Å²) in [5.41, 5.74) is 4.65. The second-order valence-electron chi connectivity index (χ2n) is 7.97. The third-order valence-corrected chi connectivity index (χ3v) is 6.53. The Morgan fingerprint density at radius 1 is 1.40 bits per heavy atom. The van der Waals surface area contributed by atoms with Crippen LogP contribution in [-0.2, 0) is 10.3 Å². The molecule has 1 aromatic carbocycles. The monoisotopic (exact) mass is 506 g/mol. The van der Waals surface area contributed by atoms with Crippen LogP contribution in [-0.4, -0.2) is 58.1 Å². The summed E-state index contributed by atoms with van der Waals surface area (Å²) >= 11 is 1.12. The lowest BCUT2D eigenvalue weighted by Crippen LogP contribution is -2.46. The molecule has 1 amide bonds. The van der Waals surface area contributed by atoms with E-state index < -0.39 is 35.2 Å². The number of nitrogens with two attached hydrogens (primary N) is 1. The van der Waals surface area contributed by atoms with Crippen LogP contribution < -0.4 is 16.4 Å². The van der Waals surface area contributed by atoms with Gasteiger partial charge in [0.25, 0.3) is 11.8 Å². The van der Waals surface area contributed by atoms with Crippen LogP contribution in [0.3, 0.4) is 0 Å². The lowest BCUT2D eigenvalue weighted by molar-refractivity contribution is -0.113. The molecule has 5 N–H and O–H groups in total. The van der Waals surface area contributed by atoms with Gasteiger partial charge in [0, 0.05) is 29.8 Å². The van der Waals surface area contributed by atoms with Crippen molar-refractivity contribution in [2.45, 2.75) is 24.5 Å². The van der Waals surface area contributed by atoms with E-state index in [1.54, 1.807) is 0 Å². The highest BCUT2D eigenvalue weighted by atomic mass is 32.2. The van der Waals surface area contributed by atoms with Crippen molar-refractivity contribution in [3.63, 3.8) is 0 Å². The van der Waals surface area contributed by atoms with Crippen molar-refractivity contribution in [2.75, 3.05) is 23.0 Å². The van der Waals surface area contributed by atoms with Crippen LogP contribution in [0, 0.1) is 17.1 Å². The number of aliphatic imine (C=N–C) groups is 2. The molecule has 4 rings (SSSR count). The first-order valence-electron chi connectivity index (χ1n) is 10.3. The molecule has 2 aliphatic heterocycles. The van der Waals surface area contributed by atoms with Gasteiger partial charge in [-0.3, -0.25) is 10.2 Å². The zero-order valence-corrected chi connectivity index (χ0v) is 19.2. The Labute approximate surface area is 202 Å². The number of thioether (sulfide) groups is 1. The van der Waals surface area contributed by atoms with Crippen molar-refractivity contribution in [3.8, 4) is 0 Å². The number of halogens is 3. The number of aromatic nitrogens is 2. The van der Waals surface area contributed by atoms with Crippen LogP contribution in [0.15, 0.2) is 40.6 Å². The minimum absolute atomic E-state index is 0.00594. The third-order valence-electron chi connectivity index (χ3n) is 5.62. The van der Waals surface area contributed by atoms with E-state index in [9.17, 15) is 13.6 Å². The van der Waals surface area contributed by atoms with E-state index in [0.717, 1.165) is 31.1 Å². The van der Waals surface area contributed by atoms with Crippen LogP contribution in [0.2, 0.25) is 0 Å². The fourth-order valence-corrected chi connectivity index (χ4v) is 5.09. The normalized spacial score (nSPS) is 24.1. The number of carbonyl (C=O) groups excluding carboxylic acids is 1. The Kier molecular flexibility index (Phi) is 6.76. The van der Waals surface area contributed by atoms with E-state index >= 15 is 4.39 Å². The number of fused-ring (bicyclic) bond motifs is 1. The Morgan fingerprint density at radius 2 is 2.20 bits per heavy atom. The van der Waals surface area contributed by atoms with Crippen molar-refractivity contribution in [1.29, 1.82) is 5.41 Å². The molecular weight excluding hydrogens is 485 g/mol. The second kappa shape index (κ2) is 9.62. The molecule has 0 radical (unpaired) electrons. The average Bonchev–Trinajstić information content (AvgIpc) is 3.21. The van der Waals surface area contributed by atoms with E-state index in [1.807, 2.05) is 0 Å². The number of hydrogen-bond donors (Lipinski definition) is 4. The molecule has 0 spiro atoms. The van der Waals surface area contributed by atoms with E-state index in [0.29, 0.717) is 5.82 Å². The van der Waals surface area contributed by atoms with Gasteiger partial charge >= 0.3 is 0 Å². The number of nitrogens with one attached hydrogen (secondary N) is 3. The number of ether oxygens (including phenoxy) is 1. The Balaban J connectivity index is 1.60. The second-order valence-corrected chi connectivity index (χ2v) is 9.01. The van der Waals surface area contributed by atoms with Gasteiger partial charge in [-0.1, -0.05) is 11.8 Å². The summed E-state index contributed by atoms with van der Waals surface area (Å²) in [7, 11) is 0. The molecule has 14 heteroatoms. The molecule has 3 atom stereocenters. The minimum atomic E-state index is -3.16. The van der Waals surface area contributed by atoms with Crippen molar-refractivity contribution >= 4 is 47.0 Å². The van der Waals surface area contributed by atoms with Crippen LogP contribution in [0.4, 0.5) is 24.7 Å². The fourth-order valence-electron chi connectivity index (χ4n) is 4.06. The van der Waals surface area contributed by atoms with Gasteiger partial charge in [0.05, 0.1) is 25.3 Å². The summed E-state index contributed by atoms with van der Waals surface area (Å²) in [5, 5.41) is 12.2. The quantitative estimate of drug-likeness (QED) is 0.333. The van der Waals surface area contributed by atoms with Crippen molar-refractivity contribution in [3.05, 3.63) is 47.7 Å². The highest BCUT2D eigenvalue weighted by Crippen LogP contribution is 2.51. The maximum atomic E-state index is 15.0. The molecule has 0 aliphatic carbocycles. The SMILES string of the molecule is CC(F)(F)[C@H]1OC[C@]2(c3cc(NC(=O)c4cnc(N/C=N\C=N)cn4)ccc3F)N=C(N)SC[C@H]12. The zero-order valence-electron chi connectivity index (χ0n) is 18.3. The third kappa shape index (κ3) is 4.98. The van der Waals surface area contributed by atoms with Gasteiger partial charge in [-0.15, -0.1) is 0 Å². The smallest absolute Gasteiger partial charge is 0.275 e. The van der Waals surface area contributed by atoms with Crippen LogP contribution in [0.25, 0.3) is 0 Å². The van der Waals surface area contributed by atoms with Gasteiger partial charge in [0.1, 0.15) is 35.3 Å². The Bertz CT molecular complexity index is 1190. The maximum Gasteiger partial charge on any atom is 0.275 e. The first kappa shape index (κ1) is 24.6. The molecule has 0 bridgehead atoms. The molecule has 184 valence electrons. The van der Waals surface area contributed by atoms with E-state index in [1.165, 1.54) is 30.9 Å². The molecule has 2 aliphatic rings. The van der Waals surface area contributed by atoms with Gasteiger partial charge < -0.3 is 21.1 Å². The molecule has 2 aromatic rings. The summed E-state index contributed by atoms with van der Waals surface area (Å²) in [6.07, 6.45) is 3.11.